The molecule has 0 aliphatic carbocycles. The molecule has 4 aromatic heterocycles. The molecule has 5 aliphatic rings. The van der Waals surface area contributed by atoms with Crippen LogP contribution < -0.4 is 48.7 Å². The van der Waals surface area contributed by atoms with Crippen molar-refractivity contribution < 1.29 is 94.4 Å². The van der Waals surface area contributed by atoms with E-state index in [-0.39, 0.29) is 135 Å². The van der Waals surface area contributed by atoms with Crippen molar-refractivity contribution in [1.82, 2.24) is 50.7 Å². The molecule has 7 aromatic rings. The van der Waals surface area contributed by atoms with Crippen molar-refractivity contribution >= 4 is 56.6 Å². The van der Waals surface area contributed by atoms with E-state index >= 15 is 0 Å². The molecule has 2 bridgehead atoms. The Balaban J connectivity index is 0.604. The minimum absolute atomic E-state index is 0.0140. The van der Waals surface area contributed by atoms with E-state index < -0.39 is 83.2 Å². The molecule has 9 heterocycles. The van der Waals surface area contributed by atoms with Crippen LogP contribution in [-0.2, 0) is 38.9 Å². The third-order valence-corrected chi connectivity index (χ3v) is 22.4. The third kappa shape index (κ3) is 21.1. The molecule has 0 saturated carbocycles. The summed E-state index contributed by atoms with van der Waals surface area (Å²) in [4.78, 5) is 65.1. The zero-order valence-electron chi connectivity index (χ0n) is 63.9. The number of ether oxygens (including phenoxy) is 7. The molecular weight excluding hydrogens is 1520 g/mol. The predicted molar refractivity (Wildman–Crippen MR) is 415 cm³/mol. The van der Waals surface area contributed by atoms with Gasteiger partial charge in [0.1, 0.15) is 49.6 Å². The molecule has 2 unspecified atom stereocenters. The molecule has 12 rings (SSSR count). The van der Waals surface area contributed by atoms with E-state index in [1.54, 1.807) is 41.8 Å². The van der Waals surface area contributed by atoms with Gasteiger partial charge in [-0.1, -0.05) is 55.4 Å². The van der Waals surface area contributed by atoms with Gasteiger partial charge >= 0.3 is 10.4 Å². The monoisotopic (exact) mass is 1620 g/mol. The molecule has 3 amide bonds. The molecule has 12 atom stereocenters. The van der Waals surface area contributed by atoms with E-state index in [4.69, 9.17) is 57.3 Å². The van der Waals surface area contributed by atoms with Crippen LogP contribution in [0.25, 0.3) is 32.1 Å². The fourth-order valence-corrected chi connectivity index (χ4v) is 16.4. The number of fused-ring (bicyclic) bond motifs is 2. The van der Waals surface area contributed by atoms with E-state index in [1.807, 2.05) is 69.6 Å². The number of hydrogen-bond donors (Lipinski definition) is 8. The van der Waals surface area contributed by atoms with Crippen molar-refractivity contribution in [1.29, 1.82) is 0 Å². The number of carbonyl (C=O) groups is 3. The smallest absolute Gasteiger partial charge is 0.476 e. The van der Waals surface area contributed by atoms with Crippen LogP contribution in [0, 0.1) is 12.8 Å². The molecule has 9 N–H and O–H groups in total. The normalized spacial score (nSPS) is 22.4. The lowest BCUT2D eigenvalue weighted by Gasteiger charge is -2.43. The number of pyridine rings is 1. The summed E-state index contributed by atoms with van der Waals surface area (Å²) in [5.74, 6) is -2.39. The summed E-state index contributed by atoms with van der Waals surface area (Å²) in [5, 5.41) is 74.5. The number of nitrogens with one attached hydrogen (secondary N) is 2. The highest BCUT2D eigenvalue weighted by Gasteiger charge is 2.47. The van der Waals surface area contributed by atoms with E-state index in [0.717, 1.165) is 72.0 Å². The van der Waals surface area contributed by atoms with Crippen molar-refractivity contribution in [3.63, 3.8) is 0 Å². The Bertz CT molecular complexity index is 4530. The van der Waals surface area contributed by atoms with Gasteiger partial charge in [0.2, 0.25) is 24.0 Å². The Morgan fingerprint density at radius 2 is 1.52 bits per heavy atom. The first-order valence-corrected chi connectivity index (χ1v) is 40.2. The number of likely N-dealkylation sites (tertiary alicyclic amines) is 1. The van der Waals surface area contributed by atoms with Gasteiger partial charge < -0.3 is 103 Å². The zero-order valence-corrected chi connectivity index (χ0v) is 65.6. The molecule has 36 nitrogen and oxygen atoms in total. The molecule has 38 heteroatoms. The molecule has 3 aromatic carbocycles. The van der Waals surface area contributed by atoms with Gasteiger partial charge in [0.25, 0.3) is 11.8 Å². The number of aliphatic hydroxyl groups excluding tert-OH is 5. The minimum Gasteiger partial charge on any atom is -0.476 e. The number of nitrogens with zero attached hydrogens (tertiary/aromatic N) is 13. The molecule has 5 saturated heterocycles. The number of thiazole rings is 1. The largest absolute Gasteiger partial charge is 0.501 e. The molecule has 5 aliphatic heterocycles. The summed E-state index contributed by atoms with van der Waals surface area (Å²) in [5.41, 5.74) is 21.5. The highest BCUT2D eigenvalue weighted by molar-refractivity contribution is 7.82. The standard InChI is InChI=1S/C76H98N16O20S2/c1-45(2)67(75(100)91-42-55(94)36-59(91)74(99)83-47(4)49-10-12-50(13-11-49)71-48(5)81-44-113-71)63-38-66(86-110-63)107-28-24-88-22-23-89(46(3)39-88)25-29-106-65-35-52(18-19-79-65)92-53-15-16-54(92)41-90(40-53)58-37-57(84-85-72(58)77)56-8-6-7-9-60(56)111-114(101,102)112-62-34-51(14-17-61(62)108-76-70(97)69(96)68(95)64(43-93)109-76)73(98)80-20-26-103-30-32-105-33-31-104-27-21-82-87-78/h6-14,17-19,34-35,37-38,44-47,53-55,59,64,67-70,76,93-97H,15-16,20-33,36,39-43H2,1-5H3,(H2,77,85)(H,80,98)(H,83,99)/t46-,47+,53?,54?,55-,59+,64-,67-,68+,69+,70-,76-/m1/s1. The summed E-state index contributed by atoms with van der Waals surface area (Å²) in [6.45, 7) is 16.2. The van der Waals surface area contributed by atoms with Gasteiger partial charge in [-0.25, -0.2) is 9.97 Å². The van der Waals surface area contributed by atoms with Crippen molar-refractivity contribution in [3.8, 4) is 50.7 Å². The number of nitrogen functional groups attached to an aromatic ring is 1. The third-order valence-electron chi connectivity index (χ3n) is 20.7. The second-order valence-electron chi connectivity index (χ2n) is 28.8. The minimum atomic E-state index is -5.17. The molecule has 5 fully saturated rings. The van der Waals surface area contributed by atoms with Gasteiger partial charge in [-0.05, 0) is 104 Å². The first kappa shape index (κ1) is 83.8. The maximum Gasteiger partial charge on any atom is 0.501 e. The van der Waals surface area contributed by atoms with Crippen LogP contribution in [0.3, 0.4) is 0 Å². The number of piperazine rings is 2. The van der Waals surface area contributed by atoms with Gasteiger partial charge in [-0.15, -0.1) is 30.0 Å². The van der Waals surface area contributed by atoms with Crippen molar-refractivity contribution in [2.75, 3.05) is 140 Å². The maximum atomic E-state index is 14.4. The number of aliphatic hydroxyl groups is 5. The van der Waals surface area contributed by atoms with Gasteiger partial charge in [-0.2, -0.15) is 0 Å². The molecule has 0 radical (unpaired) electrons. The number of anilines is 3. The number of β-amino-alcohol motifs (C(OH)–C–C–N with tert-alkyl or cyclic N) is 1. The van der Waals surface area contributed by atoms with E-state index in [9.17, 15) is 48.3 Å². The average Bonchev–Trinajstić information content (AvgIpc) is 1.57. The number of aryl methyl sites for hydroxylation is 1. The summed E-state index contributed by atoms with van der Waals surface area (Å²) in [6, 6.07) is 24.0. The Kier molecular flexibility index (Phi) is 28.8. The number of amides is 3. The van der Waals surface area contributed by atoms with Gasteiger partial charge in [0, 0.05) is 130 Å². The van der Waals surface area contributed by atoms with Crippen molar-refractivity contribution in [2.45, 2.75) is 127 Å². The molecular formula is C76H98N16O20S2. The van der Waals surface area contributed by atoms with Crippen LogP contribution in [-0.4, -0.2) is 278 Å². The zero-order chi connectivity index (χ0) is 80.6. The predicted octanol–water partition coefficient (Wildman–Crippen LogP) is 4.41. The van der Waals surface area contributed by atoms with Crippen LogP contribution in [0.5, 0.6) is 29.0 Å². The topological polar surface area (TPSA) is 462 Å². The summed E-state index contributed by atoms with van der Waals surface area (Å²) in [6.07, 6.45) is -5.88. The fraction of sp³-hybridized carbons (Fsp3) is 0.526. The molecule has 0 spiro atoms. The maximum absolute atomic E-state index is 14.4. The quantitative estimate of drug-likeness (QED) is 0.0115. The first-order chi connectivity index (χ1) is 55.0. The fourth-order valence-electron chi connectivity index (χ4n) is 14.8. The number of carbonyl (C=O) groups excluding carboxylic acids is 3. The number of benzene rings is 3. The van der Waals surface area contributed by atoms with Crippen LogP contribution in [0.1, 0.15) is 86.3 Å². The summed E-state index contributed by atoms with van der Waals surface area (Å²) in [7, 11) is -5.17. The lowest BCUT2D eigenvalue weighted by atomic mass is 9.91. The van der Waals surface area contributed by atoms with E-state index in [1.165, 1.54) is 23.1 Å². The number of nitrogens with two attached hydrogens (primary N) is 1. The Hall–Kier alpha value is -9.64. The van der Waals surface area contributed by atoms with Gasteiger partial charge in [0.15, 0.2) is 28.8 Å². The number of hydrogen-bond acceptors (Lipinski definition) is 32. The summed E-state index contributed by atoms with van der Waals surface area (Å²) < 4.78 is 85.3. The molecule has 614 valence electrons. The SMILES string of the molecule is Cc1ncsc1-c1ccc([C@H](C)NC(=O)[C@@H]2C[C@@H](O)CN2C(=O)[C@@H](c2cc(OCCN3CCN(CCOc4cc(N5C6CCC5CN(c5cc(-c7ccccc7OS(=O)(=O)Oc7cc(C(=O)NCCOCCOCCOCCN=[N+]=[N-])ccc7O[C@@H]7O[C@H](CO)[C@H](O)[C@H](O)[C@H]7O)nnc5N)C6)ccn4)[C@H](C)C3)no2)C(C)C)cc1. The van der Waals surface area contributed by atoms with Gasteiger partial charge in [0.05, 0.1) is 85.9 Å². The Morgan fingerprint density at radius 3 is 2.25 bits per heavy atom. The Morgan fingerprint density at radius 1 is 0.789 bits per heavy atom. The summed E-state index contributed by atoms with van der Waals surface area (Å²) >= 11 is 1.57. The highest BCUT2D eigenvalue weighted by atomic mass is 32.3. The number of azide groups is 1. The molecule has 114 heavy (non-hydrogen) atoms. The van der Waals surface area contributed by atoms with Crippen LogP contribution in [0.2, 0.25) is 0 Å². The average molecular weight is 1620 g/mol. The highest BCUT2D eigenvalue weighted by Crippen LogP contribution is 2.42. The lowest BCUT2D eigenvalue weighted by Crippen LogP contribution is -2.60. The number of para-hydroxylation sites is 1. The first-order valence-electron chi connectivity index (χ1n) is 38.0. The van der Waals surface area contributed by atoms with E-state index in [2.05, 4.69) is 72.5 Å². The van der Waals surface area contributed by atoms with Gasteiger partial charge in [-0.3, -0.25) is 24.2 Å². The number of rotatable bonds is 38. The second kappa shape index (κ2) is 39.1. The van der Waals surface area contributed by atoms with Crippen molar-refractivity contribution in [3.05, 3.63) is 136 Å². The Labute approximate surface area is 663 Å². The lowest BCUT2D eigenvalue weighted by molar-refractivity contribution is -0.277. The van der Waals surface area contributed by atoms with Crippen LogP contribution in [0.15, 0.2) is 112 Å². The number of aromatic nitrogens is 5. The van der Waals surface area contributed by atoms with Crippen LogP contribution in [0.4, 0.5) is 17.2 Å². The van der Waals surface area contributed by atoms with Crippen LogP contribution >= 0.6 is 11.3 Å². The second-order valence-corrected chi connectivity index (χ2v) is 30.8. The van der Waals surface area contributed by atoms with E-state index in [0.29, 0.717) is 63.3 Å². The van der Waals surface area contributed by atoms with Crippen molar-refractivity contribution in [2.24, 2.45) is 11.0 Å².